The highest BCUT2D eigenvalue weighted by Gasteiger charge is 2.17. The van der Waals surface area contributed by atoms with Crippen LogP contribution in [0.4, 0.5) is 5.69 Å². The van der Waals surface area contributed by atoms with Crippen LogP contribution in [0.5, 0.6) is 0 Å². The monoisotopic (exact) mass is 343 g/mol. The van der Waals surface area contributed by atoms with E-state index < -0.39 is 15.6 Å². The van der Waals surface area contributed by atoms with Crippen molar-refractivity contribution in [1.82, 2.24) is 0 Å². The fraction of sp³-hybridized carbons (Fsp3) is 0.167. The van der Waals surface area contributed by atoms with Crippen LogP contribution >= 0.6 is 0 Å². The summed E-state index contributed by atoms with van der Waals surface area (Å²) in [5.74, 6) is 0.190. The Labute approximate surface area is 140 Å². The highest BCUT2D eigenvalue weighted by Crippen LogP contribution is 2.27. The van der Waals surface area contributed by atoms with E-state index in [9.17, 15) is 13.2 Å². The van der Waals surface area contributed by atoms with Gasteiger partial charge in [0.25, 0.3) is 10.0 Å². The van der Waals surface area contributed by atoms with E-state index in [2.05, 4.69) is 4.72 Å². The minimum absolute atomic E-state index is 0.113. The lowest BCUT2D eigenvalue weighted by Crippen LogP contribution is -2.14. The number of nitrogens with one attached hydrogen (secondary N) is 1. The molecule has 6 heteroatoms. The van der Waals surface area contributed by atoms with Crippen LogP contribution in [0.3, 0.4) is 0 Å². The van der Waals surface area contributed by atoms with Gasteiger partial charge in [0, 0.05) is 11.5 Å². The minimum atomic E-state index is -3.74. The van der Waals surface area contributed by atoms with Gasteiger partial charge < -0.3 is 4.42 Å². The van der Waals surface area contributed by atoms with E-state index in [4.69, 9.17) is 4.42 Å². The zero-order valence-corrected chi connectivity index (χ0v) is 14.1. The van der Waals surface area contributed by atoms with Crippen molar-refractivity contribution in [1.29, 1.82) is 0 Å². The number of hydrogen-bond acceptors (Lipinski definition) is 4. The Hall–Kier alpha value is -2.60. The van der Waals surface area contributed by atoms with E-state index in [1.165, 1.54) is 24.3 Å². The normalized spacial score (nSPS) is 11.8. The molecule has 3 rings (SSSR count). The second-order valence-electron chi connectivity index (χ2n) is 5.80. The van der Waals surface area contributed by atoms with E-state index >= 15 is 0 Å². The molecule has 0 aliphatic rings. The molecule has 3 aromatic rings. The Balaban J connectivity index is 2.02. The van der Waals surface area contributed by atoms with Gasteiger partial charge in [-0.25, -0.2) is 13.2 Å². The Morgan fingerprint density at radius 2 is 1.75 bits per heavy atom. The van der Waals surface area contributed by atoms with Crippen LogP contribution in [0.25, 0.3) is 11.0 Å². The van der Waals surface area contributed by atoms with Crippen molar-refractivity contribution in [2.45, 2.75) is 24.7 Å². The van der Waals surface area contributed by atoms with Gasteiger partial charge in [-0.05, 0) is 41.8 Å². The molecule has 0 aliphatic carbocycles. The summed E-state index contributed by atoms with van der Waals surface area (Å²) in [5.41, 5.74) is 1.37. The smallest absolute Gasteiger partial charge is 0.336 e. The van der Waals surface area contributed by atoms with E-state index in [1.807, 2.05) is 26.0 Å². The molecule has 0 saturated heterocycles. The van der Waals surface area contributed by atoms with Gasteiger partial charge in [-0.3, -0.25) is 4.72 Å². The van der Waals surface area contributed by atoms with Gasteiger partial charge in [0.1, 0.15) is 5.58 Å². The molecule has 1 N–H and O–H groups in total. The lowest BCUT2D eigenvalue weighted by molar-refractivity contribution is 0.560. The second-order valence-corrected chi connectivity index (χ2v) is 7.48. The van der Waals surface area contributed by atoms with E-state index in [1.54, 1.807) is 18.2 Å². The van der Waals surface area contributed by atoms with Crippen molar-refractivity contribution in [3.05, 3.63) is 70.6 Å². The molecule has 2 aromatic carbocycles. The van der Waals surface area contributed by atoms with Crippen LogP contribution in [0.1, 0.15) is 25.3 Å². The SMILES string of the molecule is CC(C)c1ccccc1NS(=O)(=O)c1ccc2oc(=O)ccc2c1. The summed E-state index contributed by atoms with van der Waals surface area (Å²) in [7, 11) is -3.74. The summed E-state index contributed by atoms with van der Waals surface area (Å²) < 4.78 is 33.0. The maximum atomic E-state index is 12.7. The Kier molecular flexibility index (Phi) is 4.15. The van der Waals surface area contributed by atoms with Gasteiger partial charge >= 0.3 is 5.63 Å². The Bertz CT molecular complexity index is 1050. The summed E-state index contributed by atoms with van der Waals surface area (Å²) in [6.07, 6.45) is 0. The van der Waals surface area contributed by atoms with Gasteiger partial charge in [0.15, 0.2) is 0 Å². The van der Waals surface area contributed by atoms with Crippen LogP contribution < -0.4 is 10.3 Å². The molecule has 0 radical (unpaired) electrons. The summed E-state index contributed by atoms with van der Waals surface area (Å²) in [6, 6.07) is 14.5. The first kappa shape index (κ1) is 16.3. The predicted molar refractivity (Wildman–Crippen MR) is 93.8 cm³/mol. The van der Waals surface area contributed by atoms with E-state index in [0.717, 1.165) is 5.56 Å². The van der Waals surface area contributed by atoms with Crippen LogP contribution in [0.15, 0.2) is 68.7 Å². The van der Waals surface area contributed by atoms with Gasteiger partial charge in [-0.15, -0.1) is 0 Å². The first-order valence-electron chi connectivity index (χ1n) is 7.52. The van der Waals surface area contributed by atoms with E-state index in [0.29, 0.717) is 16.7 Å². The van der Waals surface area contributed by atoms with Crippen molar-refractivity contribution >= 4 is 26.7 Å². The molecule has 0 spiro atoms. The zero-order valence-electron chi connectivity index (χ0n) is 13.3. The molecule has 0 fully saturated rings. The molecule has 0 amide bonds. The van der Waals surface area contributed by atoms with Crippen molar-refractivity contribution in [3.8, 4) is 0 Å². The molecule has 0 atom stereocenters. The third-order valence-electron chi connectivity index (χ3n) is 3.73. The lowest BCUT2D eigenvalue weighted by Gasteiger charge is -2.15. The highest BCUT2D eigenvalue weighted by atomic mass is 32.2. The molecule has 1 heterocycles. The van der Waals surface area contributed by atoms with Crippen LogP contribution in [-0.2, 0) is 10.0 Å². The predicted octanol–water partition coefficient (Wildman–Crippen LogP) is 3.72. The molecule has 0 bridgehead atoms. The number of anilines is 1. The Morgan fingerprint density at radius 3 is 2.50 bits per heavy atom. The minimum Gasteiger partial charge on any atom is -0.423 e. The van der Waals surface area contributed by atoms with Crippen LogP contribution in [0, 0.1) is 0 Å². The largest absolute Gasteiger partial charge is 0.423 e. The van der Waals surface area contributed by atoms with Gasteiger partial charge in [0.05, 0.1) is 10.6 Å². The lowest BCUT2D eigenvalue weighted by atomic mass is 10.0. The zero-order chi connectivity index (χ0) is 17.3. The van der Waals surface area contributed by atoms with Gasteiger partial charge in [-0.2, -0.15) is 0 Å². The van der Waals surface area contributed by atoms with Crippen molar-refractivity contribution in [2.24, 2.45) is 0 Å². The number of benzene rings is 2. The maximum absolute atomic E-state index is 12.7. The standard InChI is InChI=1S/C18H17NO4S/c1-12(2)15-5-3-4-6-16(15)19-24(21,22)14-8-9-17-13(11-14)7-10-18(20)23-17/h3-12,19H,1-2H3. The molecular formula is C18H17NO4S. The maximum Gasteiger partial charge on any atom is 0.336 e. The first-order chi connectivity index (χ1) is 11.4. The molecule has 24 heavy (non-hydrogen) atoms. The molecule has 1 aromatic heterocycles. The van der Waals surface area contributed by atoms with Crippen molar-refractivity contribution < 1.29 is 12.8 Å². The number of rotatable bonds is 4. The summed E-state index contributed by atoms with van der Waals surface area (Å²) in [4.78, 5) is 11.3. The third-order valence-corrected chi connectivity index (χ3v) is 5.09. The first-order valence-corrected chi connectivity index (χ1v) is 9.01. The average molecular weight is 343 g/mol. The summed E-state index contributed by atoms with van der Waals surface area (Å²) in [6.45, 7) is 4.01. The third kappa shape index (κ3) is 3.19. The average Bonchev–Trinajstić information content (AvgIpc) is 2.54. The fourth-order valence-electron chi connectivity index (χ4n) is 2.51. The topological polar surface area (TPSA) is 76.4 Å². The fourth-order valence-corrected chi connectivity index (χ4v) is 3.64. The molecule has 0 saturated carbocycles. The highest BCUT2D eigenvalue weighted by molar-refractivity contribution is 7.92. The second kappa shape index (κ2) is 6.13. The summed E-state index contributed by atoms with van der Waals surface area (Å²) >= 11 is 0. The Morgan fingerprint density at radius 1 is 1.00 bits per heavy atom. The van der Waals surface area contributed by atoms with Gasteiger partial charge in [0.2, 0.25) is 0 Å². The molecule has 5 nitrogen and oxygen atoms in total. The number of fused-ring (bicyclic) bond motifs is 1. The van der Waals surface area contributed by atoms with Crippen molar-refractivity contribution in [2.75, 3.05) is 4.72 Å². The molecule has 0 aliphatic heterocycles. The quantitative estimate of drug-likeness (QED) is 0.733. The molecule has 0 unspecified atom stereocenters. The molecule has 124 valence electrons. The summed E-state index contributed by atoms with van der Waals surface area (Å²) in [5, 5.41) is 0.551. The molecular weight excluding hydrogens is 326 g/mol. The van der Waals surface area contributed by atoms with Crippen LogP contribution in [-0.4, -0.2) is 8.42 Å². The van der Waals surface area contributed by atoms with E-state index in [-0.39, 0.29) is 10.8 Å². The number of para-hydroxylation sites is 1. The van der Waals surface area contributed by atoms with Crippen molar-refractivity contribution in [3.63, 3.8) is 0 Å². The number of hydrogen-bond donors (Lipinski definition) is 1. The number of sulfonamides is 1. The van der Waals surface area contributed by atoms with Crippen LogP contribution in [0.2, 0.25) is 0 Å². The van der Waals surface area contributed by atoms with Gasteiger partial charge in [-0.1, -0.05) is 32.0 Å².